The largest absolute Gasteiger partial charge is 0.391 e. The first kappa shape index (κ1) is 20.4. The highest BCUT2D eigenvalue weighted by Crippen LogP contribution is 2.35. The lowest BCUT2D eigenvalue weighted by atomic mass is 9.85. The first-order valence-electron chi connectivity index (χ1n) is 9.16. The van der Waals surface area contributed by atoms with E-state index in [1.54, 1.807) is 6.20 Å². The van der Waals surface area contributed by atoms with E-state index in [4.69, 9.17) is 0 Å². The average Bonchev–Trinajstić information content (AvgIpc) is 3.32. The molecule has 0 radical (unpaired) electrons. The van der Waals surface area contributed by atoms with Crippen LogP contribution in [0.25, 0.3) is 11.4 Å². The second-order valence-electron chi connectivity index (χ2n) is 8.11. The predicted molar refractivity (Wildman–Crippen MR) is 105 cm³/mol. The maximum absolute atomic E-state index is 13.5. The second-order valence-corrected chi connectivity index (χ2v) is 9.18. The van der Waals surface area contributed by atoms with Gasteiger partial charge in [-0.1, -0.05) is 26.0 Å². The molecule has 0 saturated carbocycles. The van der Waals surface area contributed by atoms with Gasteiger partial charge in [0.05, 0.1) is 17.3 Å². The maximum atomic E-state index is 13.5. The van der Waals surface area contributed by atoms with E-state index in [1.807, 2.05) is 33.1 Å². The lowest BCUT2D eigenvalue weighted by Crippen LogP contribution is -2.49. The maximum Gasteiger partial charge on any atom is 0.248 e. The zero-order valence-corrected chi connectivity index (χ0v) is 17.5. The molecule has 3 atom stereocenters. The lowest BCUT2D eigenvalue weighted by molar-refractivity contribution is -0.144. The third-order valence-electron chi connectivity index (χ3n) is 4.82. The molecule has 0 spiro atoms. The molecule has 0 aromatic carbocycles. The van der Waals surface area contributed by atoms with Gasteiger partial charge in [0.1, 0.15) is 23.5 Å². The predicted octanol–water partition coefficient (Wildman–Crippen LogP) is 1.01. The molecule has 152 valence electrons. The van der Waals surface area contributed by atoms with Crippen molar-refractivity contribution in [3.63, 3.8) is 0 Å². The molecule has 2 unspecified atom stereocenters. The summed E-state index contributed by atoms with van der Waals surface area (Å²) in [6.07, 6.45) is 1.21. The molecule has 28 heavy (non-hydrogen) atoms. The summed E-state index contributed by atoms with van der Waals surface area (Å²) in [5, 5.41) is 23.8. The van der Waals surface area contributed by atoms with E-state index in [-0.39, 0.29) is 24.8 Å². The third kappa shape index (κ3) is 3.93. The van der Waals surface area contributed by atoms with Crippen LogP contribution in [0.15, 0.2) is 11.6 Å². The number of rotatable bonds is 4. The summed E-state index contributed by atoms with van der Waals surface area (Å²) in [6.45, 7) is 7.84. The molecule has 1 fully saturated rings. The molecule has 3 heterocycles. The van der Waals surface area contributed by atoms with Crippen molar-refractivity contribution in [2.75, 3.05) is 13.6 Å². The van der Waals surface area contributed by atoms with Crippen LogP contribution in [0.1, 0.15) is 38.2 Å². The number of amides is 2. The minimum Gasteiger partial charge on any atom is -0.391 e. The standard InChI is InChI=1S/C18H26N6O3S/c1-10-20-13(9-28-10)12-8-24(22-21-12)15(18(2,3)4)17(27)23-7-11(25)6-14(23)16(26)19-5/h8-9,11,14-15,25H,6-7H2,1-5H3,(H,19,26)/t11?,14-,15?/m1/s1. The van der Waals surface area contributed by atoms with Crippen LogP contribution in [-0.2, 0) is 9.59 Å². The van der Waals surface area contributed by atoms with Crippen LogP contribution < -0.4 is 5.32 Å². The van der Waals surface area contributed by atoms with E-state index in [0.717, 1.165) is 5.01 Å². The molecule has 2 aromatic rings. The van der Waals surface area contributed by atoms with Crippen molar-refractivity contribution in [3.8, 4) is 11.4 Å². The van der Waals surface area contributed by atoms with Crippen LogP contribution in [0, 0.1) is 12.3 Å². The van der Waals surface area contributed by atoms with E-state index in [1.165, 1.54) is 28.0 Å². The summed E-state index contributed by atoms with van der Waals surface area (Å²) >= 11 is 1.52. The first-order valence-corrected chi connectivity index (χ1v) is 10.0. The molecule has 3 rings (SSSR count). The summed E-state index contributed by atoms with van der Waals surface area (Å²) in [4.78, 5) is 31.5. The Balaban J connectivity index is 1.94. The van der Waals surface area contributed by atoms with Gasteiger partial charge in [0.15, 0.2) is 0 Å². The number of carbonyl (C=O) groups is 2. The van der Waals surface area contributed by atoms with Gasteiger partial charge < -0.3 is 15.3 Å². The Morgan fingerprint density at radius 1 is 1.36 bits per heavy atom. The number of nitrogens with one attached hydrogen (secondary N) is 1. The summed E-state index contributed by atoms with van der Waals surface area (Å²) in [5.74, 6) is -0.543. The van der Waals surface area contributed by atoms with Crippen LogP contribution in [0.5, 0.6) is 0 Å². The minimum atomic E-state index is -0.726. The number of β-amino-alcohol motifs (C(OH)–C–C–N with tert-alkyl or cyclic N) is 1. The van der Waals surface area contributed by atoms with Crippen LogP contribution in [0.4, 0.5) is 0 Å². The number of thiazole rings is 1. The monoisotopic (exact) mass is 406 g/mol. The van der Waals surface area contributed by atoms with E-state index in [0.29, 0.717) is 11.4 Å². The number of aliphatic hydroxyl groups excluding tert-OH is 1. The van der Waals surface area contributed by atoms with E-state index in [9.17, 15) is 14.7 Å². The molecular weight excluding hydrogens is 380 g/mol. The van der Waals surface area contributed by atoms with Crippen molar-refractivity contribution < 1.29 is 14.7 Å². The fourth-order valence-electron chi connectivity index (χ4n) is 3.51. The smallest absolute Gasteiger partial charge is 0.248 e. The molecule has 2 aromatic heterocycles. The van der Waals surface area contributed by atoms with Gasteiger partial charge in [-0.25, -0.2) is 9.67 Å². The zero-order chi connectivity index (χ0) is 20.6. The highest BCUT2D eigenvalue weighted by Gasteiger charge is 2.45. The molecule has 0 bridgehead atoms. The van der Waals surface area contributed by atoms with Crippen LogP contribution >= 0.6 is 11.3 Å². The van der Waals surface area contributed by atoms with Crippen LogP contribution in [-0.4, -0.2) is 67.5 Å². The topological polar surface area (TPSA) is 113 Å². The molecule has 2 amide bonds. The number of carbonyl (C=O) groups excluding carboxylic acids is 2. The van der Waals surface area contributed by atoms with E-state index >= 15 is 0 Å². The van der Waals surface area contributed by atoms with Crippen molar-refractivity contribution in [3.05, 3.63) is 16.6 Å². The molecule has 9 nitrogen and oxygen atoms in total. The number of aryl methyl sites for hydroxylation is 1. The van der Waals surface area contributed by atoms with Gasteiger partial charge in [0, 0.05) is 25.4 Å². The number of hydrogen-bond donors (Lipinski definition) is 2. The van der Waals surface area contributed by atoms with Gasteiger partial charge in [-0.3, -0.25) is 9.59 Å². The number of hydrogen-bond acceptors (Lipinski definition) is 7. The molecule has 10 heteroatoms. The third-order valence-corrected chi connectivity index (χ3v) is 5.60. The summed E-state index contributed by atoms with van der Waals surface area (Å²) < 4.78 is 1.54. The number of aliphatic hydroxyl groups is 1. The Hall–Kier alpha value is -2.33. The van der Waals surface area contributed by atoms with Crippen molar-refractivity contribution >= 4 is 23.2 Å². The van der Waals surface area contributed by atoms with Gasteiger partial charge in [-0.2, -0.15) is 0 Å². The SMILES string of the molecule is CNC(=O)[C@H]1CC(O)CN1C(=O)C(n1cc(-c2csc(C)n2)nn1)C(C)(C)C. The zero-order valence-electron chi connectivity index (χ0n) is 16.7. The fourth-order valence-corrected chi connectivity index (χ4v) is 4.12. The molecule has 1 aliphatic heterocycles. The van der Waals surface area contributed by atoms with Crippen LogP contribution in [0.2, 0.25) is 0 Å². The highest BCUT2D eigenvalue weighted by molar-refractivity contribution is 7.09. The first-order chi connectivity index (χ1) is 13.1. The highest BCUT2D eigenvalue weighted by atomic mass is 32.1. The number of aromatic nitrogens is 4. The van der Waals surface area contributed by atoms with Gasteiger partial charge in [0.2, 0.25) is 11.8 Å². The quantitative estimate of drug-likeness (QED) is 0.783. The average molecular weight is 407 g/mol. The van der Waals surface area contributed by atoms with Crippen molar-refractivity contribution in [1.29, 1.82) is 0 Å². The molecular formula is C18H26N6O3S. The fraction of sp³-hybridized carbons (Fsp3) is 0.611. The van der Waals surface area contributed by atoms with Crippen molar-refractivity contribution in [2.24, 2.45) is 5.41 Å². The van der Waals surface area contributed by atoms with Gasteiger partial charge in [-0.05, 0) is 12.3 Å². The Kier molecular flexibility index (Phi) is 5.53. The summed E-state index contributed by atoms with van der Waals surface area (Å²) in [6, 6.07) is -1.37. The Bertz CT molecular complexity index is 871. The van der Waals surface area contributed by atoms with Crippen molar-refractivity contribution in [2.45, 2.75) is 52.3 Å². The number of likely N-dealkylation sites (N-methyl/N-ethyl adjacent to an activating group) is 1. The second kappa shape index (κ2) is 7.59. The Labute approximate surface area is 167 Å². The molecule has 1 saturated heterocycles. The van der Waals surface area contributed by atoms with Gasteiger partial charge in [-0.15, -0.1) is 16.4 Å². The van der Waals surface area contributed by atoms with Crippen LogP contribution in [0.3, 0.4) is 0 Å². The lowest BCUT2D eigenvalue weighted by Gasteiger charge is -2.34. The van der Waals surface area contributed by atoms with E-state index in [2.05, 4.69) is 20.6 Å². The number of likely N-dealkylation sites (tertiary alicyclic amines) is 1. The van der Waals surface area contributed by atoms with E-state index < -0.39 is 23.6 Å². The Morgan fingerprint density at radius 3 is 2.64 bits per heavy atom. The molecule has 2 N–H and O–H groups in total. The van der Waals surface area contributed by atoms with Gasteiger partial charge in [0.25, 0.3) is 0 Å². The molecule has 0 aliphatic carbocycles. The summed E-state index contributed by atoms with van der Waals surface area (Å²) in [7, 11) is 1.52. The Morgan fingerprint density at radius 2 is 2.07 bits per heavy atom. The van der Waals surface area contributed by atoms with Crippen molar-refractivity contribution in [1.82, 2.24) is 30.2 Å². The minimum absolute atomic E-state index is 0.121. The normalized spacial score (nSPS) is 21.0. The molecule has 1 aliphatic rings. The number of nitrogens with zero attached hydrogens (tertiary/aromatic N) is 5. The van der Waals surface area contributed by atoms with Gasteiger partial charge >= 0.3 is 0 Å². The summed E-state index contributed by atoms with van der Waals surface area (Å²) in [5.41, 5.74) is 0.824.